The van der Waals surface area contributed by atoms with E-state index in [1.807, 2.05) is 0 Å². The van der Waals surface area contributed by atoms with E-state index in [1.165, 1.54) is 0 Å². The van der Waals surface area contributed by atoms with E-state index < -0.39 is 12.0 Å². The molecular formula is C12H28N3O2+. The van der Waals surface area contributed by atoms with Gasteiger partial charge in [-0.05, 0) is 19.4 Å². The van der Waals surface area contributed by atoms with Crippen LogP contribution < -0.4 is 11.1 Å². The van der Waals surface area contributed by atoms with Crippen molar-refractivity contribution in [2.24, 2.45) is 5.73 Å². The van der Waals surface area contributed by atoms with E-state index in [-0.39, 0.29) is 0 Å². The highest BCUT2D eigenvalue weighted by molar-refractivity contribution is 5.72. The highest BCUT2D eigenvalue weighted by Gasteiger charge is 2.09. The predicted octanol–water partition coefficient (Wildman–Crippen LogP) is 0.255. The minimum Gasteiger partial charge on any atom is -0.480 e. The molecule has 0 unspecified atom stereocenters. The highest BCUT2D eigenvalue weighted by atomic mass is 16.4. The topological polar surface area (TPSA) is 75.3 Å². The Hall–Kier alpha value is -0.650. The van der Waals surface area contributed by atoms with Gasteiger partial charge in [-0.25, -0.2) is 0 Å². The lowest BCUT2D eigenvalue weighted by Gasteiger charge is -2.23. The average molecular weight is 246 g/mol. The van der Waals surface area contributed by atoms with Crippen LogP contribution >= 0.6 is 0 Å². The van der Waals surface area contributed by atoms with Gasteiger partial charge in [0.05, 0.1) is 27.7 Å². The van der Waals surface area contributed by atoms with Crippen molar-refractivity contribution in [1.29, 1.82) is 0 Å². The monoisotopic (exact) mass is 246 g/mol. The summed E-state index contributed by atoms with van der Waals surface area (Å²) < 4.78 is 0.995. The SMILES string of the molecule is C[N+](C)(C)CCCNCCCC[C@H](N)C(=O)O. The fourth-order valence-corrected chi connectivity index (χ4v) is 1.54. The molecule has 0 saturated heterocycles. The van der Waals surface area contributed by atoms with Crippen LogP contribution in [0.3, 0.4) is 0 Å². The molecule has 1 atom stereocenters. The first-order valence-electron chi connectivity index (χ1n) is 6.32. The third-order valence-electron chi connectivity index (χ3n) is 2.62. The molecule has 0 amide bonds. The summed E-state index contributed by atoms with van der Waals surface area (Å²) in [5, 5.41) is 12.0. The fraction of sp³-hybridized carbons (Fsp3) is 0.917. The van der Waals surface area contributed by atoms with Gasteiger partial charge in [0.2, 0.25) is 0 Å². The lowest BCUT2D eigenvalue weighted by molar-refractivity contribution is -0.870. The van der Waals surface area contributed by atoms with Gasteiger partial charge in [0.1, 0.15) is 6.04 Å². The highest BCUT2D eigenvalue weighted by Crippen LogP contribution is 1.98. The number of carboxylic acid groups (broad SMARTS) is 1. The summed E-state index contributed by atoms with van der Waals surface area (Å²) in [6.07, 6.45) is 3.59. The number of quaternary nitrogens is 1. The van der Waals surface area contributed by atoms with Gasteiger partial charge < -0.3 is 20.6 Å². The second-order valence-electron chi connectivity index (χ2n) is 5.56. The smallest absolute Gasteiger partial charge is 0.320 e. The summed E-state index contributed by atoms with van der Waals surface area (Å²) in [4.78, 5) is 10.5. The van der Waals surface area contributed by atoms with Gasteiger partial charge >= 0.3 is 5.97 Å². The second kappa shape index (κ2) is 8.44. The first-order chi connectivity index (χ1) is 7.83. The van der Waals surface area contributed by atoms with Crippen molar-refractivity contribution < 1.29 is 14.4 Å². The molecule has 0 spiro atoms. The molecule has 0 aromatic rings. The molecule has 0 radical (unpaired) electrons. The molecule has 0 aliphatic rings. The van der Waals surface area contributed by atoms with Crippen LogP contribution in [0.4, 0.5) is 0 Å². The zero-order valence-corrected chi connectivity index (χ0v) is 11.4. The Labute approximate surface area is 105 Å². The van der Waals surface area contributed by atoms with Gasteiger partial charge in [-0.3, -0.25) is 4.79 Å². The molecule has 0 aromatic carbocycles. The number of unbranched alkanes of at least 4 members (excludes halogenated alkanes) is 1. The number of nitrogens with two attached hydrogens (primary N) is 1. The molecule has 5 nitrogen and oxygen atoms in total. The Morgan fingerprint density at radius 1 is 1.24 bits per heavy atom. The van der Waals surface area contributed by atoms with Crippen LogP contribution in [-0.2, 0) is 4.79 Å². The number of nitrogens with one attached hydrogen (secondary N) is 1. The van der Waals surface area contributed by atoms with Gasteiger partial charge in [-0.15, -0.1) is 0 Å². The molecule has 0 saturated carbocycles. The van der Waals surface area contributed by atoms with Crippen LogP contribution in [-0.4, -0.2) is 62.4 Å². The van der Waals surface area contributed by atoms with Crippen LogP contribution in [0, 0.1) is 0 Å². The first kappa shape index (κ1) is 16.4. The zero-order chi connectivity index (χ0) is 13.3. The lowest BCUT2D eigenvalue weighted by Crippen LogP contribution is -2.36. The van der Waals surface area contributed by atoms with Crippen molar-refractivity contribution in [2.45, 2.75) is 31.7 Å². The van der Waals surface area contributed by atoms with E-state index in [2.05, 4.69) is 26.5 Å². The van der Waals surface area contributed by atoms with Crippen LogP contribution in [0.5, 0.6) is 0 Å². The van der Waals surface area contributed by atoms with E-state index in [0.29, 0.717) is 6.42 Å². The number of nitrogens with zero attached hydrogens (tertiary/aromatic N) is 1. The molecule has 4 N–H and O–H groups in total. The lowest BCUT2D eigenvalue weighted by atomic mass is 10.1. The van der Waals surface area contributed by atoms with Crippen molar-refractivity contribution in [1.82, 2.24) is 5.32 Å². The van der Waals surface area contributed by atoms with E-state index in [0.717, 1.165) is 43.4 Å². The number of rotatable bonds is 10. The number of carboxylic acids is 1. The predicted molar refractivity (Wildman–Crippen MR) is 69.8 cm³/mol. The molecule has 0 rings (SSSR count). The Bertz CT molecular complexity index is 214. The Morgan fingerprint density at radius 3 is 2.35 bits per heavy atom. The standard InChI is InChI=1S/C12H27N3O2/c1-15(2,3)10-6-9-14-8-5-4-7-11(13)12(16)17/h11,14H,4-10,13H2,1-3H3/p+1/t11-/m0/s1. The maximum Gasteiger partial charge on any atom is 0.320 e. The summed E-state index contributed by atoms with van der Waals surface area (Å²) in [6.45, 7) is 3.14. The van der Waals surface area contributed by atoms with Crippen molar-refractivity contribution in [3.63, 3.8) is 0 Å². The molecule has 0 aliphatic carbocycles. The zero-order valence-electron chi connectivity index (χ0n) is 11.4. The Morgan fingerprint density at radius 2 is 1.82 bits per heavy atom. The van der Waals surface area contributed by atoms with Gasteiger partial charge in [-0.2, -0.15) is 0 Å². The summed E-state index contributed by atoms with van der Waals surface area (Å²) in [5.41, 5.74) is 5.40. The van der Waals surface area contributed by atoms with E-state index in [9.17, 15) is 4.79 Å². The van der Waals surface area contributed by atoms with Crippen molar-refractivity contribution in [3.8, 4) is 0 Å². The number of hydrogen-bond donors (Lipinski definition) is 3. The van der Waals surface area contributed by atoms with Gasteiger partial charge in [-0.1, -0.05) is 6.42 Å². The van der Waals surface area contributed by atoms with Crippen LogP contribution in [0.15, 0.2) is 0 Å². The maximum absolute atomic E-state index is 10.5. The largest absolute Gasteiger partial charge is 0.480 e. The second-order valence-corrected chi connectivity index (χ2v) is 5.56. The van der Waals surface area contributed by atoms with Gasteiger partial charge in [0.15, 0.2) is 0 Å². The average Bonchev–Trinajstić information content (AvgIpc) is 2.19. The van der Waals surface area contributed by atoms with Crippen LogP contribution in [0.25, 0.3) is 0 Å². The van der Waals surface area contributed by atoms with Crippen molar-refractivity contribution >= 4 is 5.97 Å². The summed E-state index contributed by atoms with van der Waals surface area (Å²) in [7, 11) is 6.56. The fourth-order valence-electron chi connectivity index (χ4n) is 1.54. The molecule has 0 aliphatic heterocycles. The van der Waals surface area contributed by atoms with E-state index in [1.54, 1.807) is 0 Å². The number of aliphatic carboxylic acids is 1. The third kappa shape index (κ3) is 11.6. The van der Waals surface area contributed by atoms with E-state index >= 15 is 0 Å². The summed E-state index contributed by atoms with van der Waals surface area (Å²) >= 11 is 0. The Balaban J connectivity index is 3.22. The van der Waals surface area contributed by atoms with Crippen LogP contribution in [0.1, 0.15) is 25.7 Å². The molecule has 0 fully saturated rings. The summed E-state index contributed by atoms with van der Waals surface area (Å²) in [5.74, 6) is -0.902. The quantitative estimate of drug-likeness (QED) is 0.382. The van der Waals surface area contributed by atoms with Crippen molar-refractivity contribution in [2.75, 3.05) is 40.8 Å². The number of carbonyl (C=O) groups is 1. The molecule has 102 valence electrons. The molecule has 0 aromatic heterocycles. The van der Waals surface area contributed by atoms with Crippen LogP contribution in [0.2, 0.25) is 0 Å². The maximum atomic E-state index is 10.5. The normalized spacial score (nSPS) is 13.6. The molecule has 0 heterocycles. The third-order valence-corrected chi connectivity index (χ3v) is 2.62. The number of hydrogen-bond acceptors (Lipinski definition) is 3. The Kier molecular flexibility index (Phi) is 8.12. The minimum atomic E-state index is -0.902. The van der Waals surface area contributed by atoms with E-state index in [4.69, 9.17) is 10.8 Å². The molecule has 5 heteroatoms. The molecule has 17 heavy (non-hydrogen) atoms. The molecular weight excluding hydrogens is 218 g/mol. The molecule has 0 bridgehead atoms. The van der Waals surface area contributed by atoms with Gasteiger partial charge in [0.25, 0.3) is 0 Å². The van der Waals surface area contributed by atoms with Gasteiger partial charge in [0, 0.05) is 13.0 Å². The summed E-state index contributed by atoms with van der Waals surface area (Å²) in [6, 6.07) is -0.701. The minimum absolute atomic E-state index is 0.565. The first-order valence-corrected chi connectivity index (χ1v) is 6.32. The van der Waals surface area contributed by atoms with Crippen molar-refractivity contribution in [3.05, 3.63) is 0 Å².